The average Bonchev–Trinajstić information content (AvgIpc) is 2.89. The quantitative estimate of drug-likeness (QED) is 0.461. The summed E-state index contributed by atoms with van der Waals surface area (Å²) < 4.78 is 30.0. The van der Waals surface area contributed by atoms with Crippen LogP contribution in [-0.4, -0.2) is 25.3 Å². The van der Waals surface area contributed by atoms with E-state index in [0.29, 0.717) is 12.1 Å². The largest absolute Gasteiger partial charge is 0.379 e. The standard InChI is InChI=1S/C17H16N2O6S/c1-11-8-13-9-16(6-7-17(13)18(11)12(2)20)26(23,24)25-15-5-3-4-14(10-15)19(21)22/h3-7,9-11H,8H2,1-2H3/t11-/m1/s1. The van der Waals surface area contributed by atoms with Crippen LogP contribution >= 0.6 is 0 Å². The molecule has 2 aromatic rings. The second-order valence-corrected chi connectivity index (χ2v) is 7.57. The Hall–Kier alpha value is -2.94. The molecule has 1 aliphatic rings. The Kier molecular flexibility index (Phi) is 4.41. The number of carbonyl (C=O) groups is 1. The van der Waals surface area contributed by atoms with E-state index in [9.17, 15) is 23.3 Å². The molecule has 0 radical (unpaired) electrons. The van der Waals surface area contributed by atoms with E-state index in [-0.39, 0.29) is 28.3 Å². The third kappa shape index (κ3) is 3.25. The lowest BCUT2D eigenvalue weighted by Crippen LogP contribution is -2.33. The third-order valence-electron chi connectivity index (χ3n) is 4.13. The fourth-order valence-corrected chi connectivity index (χ4v) is 4.04. The highest BCUT2D eigenvalue weighted by Gasteiger charge is 2.30. The summed E-state index contributed by atoms with van der Waals surface area (Å²) in [5.41, 5.74) is 1.15. The number of fused-ring (bicyclic) bond motifs is 1. The Bertz CT molecular complexity index is 1000. The van der Waals surface area contributed by atoms with Gasteiger partial charge in [-0.2, -0.15) is 8.42 Å². The predicted molar refractivity (Wildman–Crippen MR) is 93.7 cm³/mol. The smallest absolute Gasteiger partial charge is 0.339 e. The number of non-ortho nitro benzene ring substituents is 1. The second kappa shape index (κ2) is 6.41. The van der Waals surface area contributed by atoms with E-state index in [4.69, 9.17) is 4.18 Å². The predicted octanol–water partition coefficient (Wildman–Crippen LogP) is 2.66. The van der Waals surface area contributed by atoms with Crippen LogP contribution in [0.3, 0.4) is 0 Å². The van der Waals surface area contributed by atoms with E-state index in [1.165, 1.54) is 37.3 Å². The summed E-state index contributed by atoms with van der Waals surface area (Å²) in [6.07, 6.45) is 0.537. The first-order valence-electron chi connectivity index (χ1n) is 7.81. The van der Waals surface area contributed by atoms with E-state index in [2.05, 4.69) is 0 Å². The lowest BCUT2D eigenvalue weighted by atomic mass is 10.1. The molecule has 0 N–H and O–H groups in total. The number of nitrogens with zero attached hydrogens (tertiary/aromatic N) is 2. The van der Waals surface area contributed by atoms with E-state index in [1.54, 1.807) is 11.0 Å². The third-order valence-corrected chi connectivity index (χ3v) is 5.37. The molecular formula is C17H16N2O6S. The molecule has 1 heterocycles. The zero-order valence-corrected chi connectivity index (χ0v) is 14.9. The van der Waals surface area contributed by atoms with E-state index in [0.717, 1.165) is 11.6 Å². The molecule has 136 valence electrons. The van der Waals surface area contributed by atoms with Crippen LogP contribution in [0.5, 0.6) is 5.75 Å². The Balaban J connectivity index is 1.92. The van der Waals surface area contributed by atoms with Crippen LogP contribution in [0.1, 0.15) is 19.4 Å². The van der Waals surface area contributed by atoms with E-state index >= 15 is 0 Å². The van der Waals surface area contributed by atoms with Crippen molar-refractivity contribution in [2.75, 3.05) is 4.90 Å². The van der Waals surface area contributed by atoms with Crippen molar-refractivity contribution in [3.05, 3.63) is 58.1 Å². The summed E-state index contributed by atoms with van der Waals surface area (Å²) >= 11 is 0. The summed E-state index contributed by atoms with van der Waals surface area (Å²) in [5, 5.41) is 10.8. The average molecular weight is 376 g/mol. The van der Waals surface area contributed by atoms with Gasteiger partial charge in [-0.3, -0.25) is 14.9 Å². The molecule has 26 heavy (non-hydrogen) atoms. The van der Waals surface area contributed by atoms with Crippen molar-refractivity contribution in [3.8, 4) is 5.75 Å². The van der Waals surface area contributed by atoms with Gasteiger partial charge in [-0.05, 0) is 43.2 Å². The molecule has 0 spiro atoms. The number of hydrogen-bond donors (Lipinski definition) is 0. The van der Waals surface area contributed by atoms with Crippen LogP contribution in [0.4, 0.5) is 11.4 Å². The van der Waals surface area contributed by atoms with Crippen molar-refractivity contribution in [1.82, 2.24) is 0 Å². The van der Waals surface area contributed by atoms with Gasteiger partial charge in [0.2, 0.25) is 5.91 Å². The highest BCUT2D eigenvalue weighted by atomic mass is 32.2. The van der Waals surface area contributed by atoms with Gasteiger partial charge >= 0.3 is 10.1 Å². The summed E-state index contributed by atoms with van der Waals surface area (Å²) in [5.74, 6) is -0.252. The molecule has 2 aromatic carbocycles. The van der Waals surface area contributed by atoms with Crippen LogP contribution < -0.4 is 9.08 Å². The van der Waals surface area contributed by atoms with Crippen LogP contribution in [0, 0.1) is 10.1 Å². The van der Waals surface area contributed by atoms with E-state index in [1.807, 2.05) is 6.92 Å². The molecule has 3 rings (SSSR count). The van der Waals surface area contributed by atoms with Crippen molar-refractivity contribution in [3.63, 3.8) is 0 Å². The molecule has 0 saturated heterocycles. The van der Waals surface area contributed by atoms with Crippen LogP contribution in [-0.2, 0) is 21.3 Å². The lowest BCUT2D eigenvalue weighted by Gasteiger charge is -2.20. The topological polar surface area (TPSA) is 107 Å². The van der Waals surface area contributed by atoms with E-state index < -0.39 is 15.0 Å². The number of carbonyl (C=O) groups excluding carboxylic acids is 1. The van der Waals surface area contributed by atoms with Crippen LogP contribution in [0.15, 0.2) is 47.4 Å². The molecule has 1 aliphatic heterocycles. The first-order chi connectivity index (χ1) is 12.2. The number of hydrogen-bond acceptors (Lipinski definition) is 6. The number of nitro groups is 1. The maximum atomic E-state index is 12.5. The van der Waals surface area contributed by atoms with Gasteiger partial charge < -0.3 is 9.08 Å². The minimum atomic E-state index is -4.16. The monoisotopic (exact) mass is 376 g/mol. The normalized spacial score (nSPS) is 16.2. The molecule has 0 bridgehead atoms. The van der Waals surface area contributed by atoms with Crippen molar-refractivity contribution in [1.29, 1.82) is 0 Å². The highest BCUT2D eigenvalue weighted by Crippen LogP contribution is 2.34. The Morgan fingerprint density at radius 3 is 2.65 bits per heavy atom. The molecule has 0 aliphatic carbocycles. The molecular weight excluding hydrogens is 360 g/mol. The van der Waals surface area contributed by atoms with Gasteiger partial charge in [-0.15, -0.1) is 0 Å². The Labute approximate surface area is 150 Å². The maximum Gasteiger partial charge on any atom is 0.339 e. The molecule has 1 atom stereocenters. The number of nitro benzene ring substituents is 1. The molecule has 1 amide bonds. The zero-order valence-electron chi connectivity index (χ0n) is 14.1. The summed E-state index contributed by atoms with van der Waals surface area (Å²) in [6.45, 7) is 3.34. The first kappa shape index (κ1) is 17.9. The minimum absolute atomic E-state index is 0.0573. The molecule has 0 aromatic heterocycles. The number of anilines is 1. The first-order valence-corrected chi connectivity index (χ1v) is 9.21. The van der Waals surface area contributed by atoms with Gasteiger partial charge in [-0.1, -0.05) is 6.07 Å². The number of benzene rings is 2. The summed E-state index contributed by atoms with van der Waals surface area (Å²) in [6, 6.07) is 9.32. The van der Waals surface area contributed by atoms with Crippen molar-refractivity contribution in [2.24, 2.45) is 0 Å². The fraction of sp³-hybridized carbons (Fsp3) is 0.235. The van der Waals surface area contributed by atoms with Crippen molar-refractivity contribution in [2.45, 2.75) is 31.2 Å². The number of amides is 1. The maximum absolute atomic E-state index is 12.5. The molecule has 0 fully saturated rings. The van der Waals surface area contributed by atoms with Gasteiger partial charge in [0, 0.05) is 24.7 Å². The van der Waals surface area contributed by atoms with Crippen molar-refractivity contribution >= 4 is 27.4 Å². The molecule has 0 saturated carbocycles. The zero-order chi connectivity index (χ0) is 19.1. The summed E-state index contributed by atoms with van der Waals surface area (Å²) in [4.78, 5) is 23.5. The van der Waals surface area contributed by atoms with Crippen molar-refractivity contribution < 1.29 is 22.3 Å². The molecule has 9 heteroatoms. The Morgan fingerprint density at radius 1 is 1.27 bits per heavy atom. The molecule has 8 nitrogen and oxygen atoms in total. The van der Waals surface area contributed by atoms with Gasteiger partial charge in [0.25, 0.3) is 5.69 Å². The van der Waals surface area contributed by atoms with Gasteiger partial charge in [0.15, 0.2) is 0 Å². The minimum Gasteiger partial charge on any atom is -0.379 e. The van der Waals surface area contributed by atoms with Gasteiger partial charge in [0.1, 0.15) is 10.6 Å². The molecule has 0 unspecified atom stereocenters. The highest BCUT2D eigenvalue weighted by molar-refractivity contribution is 7.87. The second-order valence-electron chi connectivity index (χ2n) is 6.02. The van der Waals surface area contributed by atoms with Gasteiger partial charge in [-0.25, -0.2) is 0 Å². The van der Waals surface area contributed by atoms with Crippen LogP contribution in [0.2, 0.25) is 0 Å². The SMILES string of the molecule is CC(=O)N1c2ccc(S(=O)(=O)Oc3cccc([N+](=O)[O-])c3)cc2C[C@H]1C. The summed E-state index contributed by atoms with van der Waals surface area (Å²) in [7, 11) is -4.16. The fourth-order valence-electron chi connectivity index (χ4n) is 3.07. The van der Waals surface area contributed by atoms with Gasteiger partial charge in [0.05, 0.1) is 11.0 Å². The number of rotatable bonds is 4. The van der Waals surface area contributed by atoms with Crippen LogP contribution in [0.25, 0.3) is 0 Å². The Morgan fingerprint density at radius 2 is 2.00 bits per heavy atom. The lowest BCUT2D eigenvalue weighted by molar-refractivity contribution is -0.384.